The first-order valence-electron chi connectivity index (χ1n) is 9.97. The smallest absolute Gasteiger partial charge is 0.261 e. The molecular formula is C21H21FN4O5S. The molecule has 0 aliphatic carbocycles. The van der Waals surface area contributed by atoms with Crippen LogP contribution in [0.15, 0.2) is 52.5 Å². The molecule has 0 saturated carbocycles. The maximum absolute atomic E-state index is 13.2. The molecule has 0 radical (unpaired) electrons. The molecule has 3 heterocycles. The van der Waals surface area contributed by atoms with Crippen molar-refractivity contribution in [2.45, 2.75) is 36.3 Å². The molecule has 2 atom stereocenters. The van der Waals surface area contributed by atoms with Gasteiger partial charge in [-0.15, -0.1) is 0 Å². The molecule has 1 N–H and O–H groups in total. The number of hydrogen-bond acceptors (Lipinski definition) is 7. The van der Waals surface area contributed by atoms with Gasteiger partial charge in [0.05, 0.1) is 34.4 Å². The lowest BCUT2D eigenvalue weighted by Gasteiger charge is -2.22. The topological polar surface area (TPSA) is 120 Å². The Kier molecular flexibility index (Phi) is 6.02. The van der Waals surface area contributed by atoms with Gasteiger partial charge < -0.3 is 10.1 Å². The number of sulfone groups is 1. The van der Waals surface area contributed by atoms with E-state index in [0.29, 0.717) is 6.61 Å². The van der Waals surface area contributed by atoms with E-state index in [2.05, 4.69) is 15.3 Å². The predicted molar refractivity (Wildman–Crippen MR) is 115 cm³/mol. The maximum atomic E-state index is 13.2. The fourth-order valence-corrected chi connectivity index (χ4v) is 4.29. The molecule has 1 saturated heterocycles. The number of carbonyl (C=O) groups is 1. The zero-order valence-corrected chi connectivity index (χ0v) is 18.0. The Morgan fingerprint density at radius 3 is 2.78 bits per heavy atom. The van der Waals surface area contributed by atoms with Gasteiger partial charge >= 0.3 is 0 Å². The highest BCUT2D eigenvalue weighted by Crippen LogP contribution is 2.24. The number of halogens is 1. The van der Waals surface area contributed by atoms with Crippen LogP contribution in [-0.4, -0.2) is 47.8 Å². The third-order valence-electron chi connectivity index (χ3n) is 5.31. The summed E-state index contributed by atoms with van der Waals surface area (Å²) in [6, 6.07) is 5.59. The first-order valence-corrected chi connectivity index (χ1v) is 11.9. The molecule has 168 valence electrons. The van der Waals surface area contributed by atoms with Crippen LogP contribution in [0.5, 0.6) is 0 Å². The number of ether oxygens (including phenoxy) is 1. The quantitative estimate of drug-likeness (QED) is 0.598. The van der Waals surface area contributed by atoms with Gasteiger partial charge in [-0.2, -0.15) is 0 Å². The van der Waals surface area contributed by atoms with Gasteiger partial charge in [0.15, 0.2) is 9.84 Å². The van der Waals surface area contributed by atoms with E-state index in [1.54, 1.807) is 0 Å². The van der Waals surface area contributed by atoms with Gasteiger partial charge in [0.25, 0.3) is 5.56 Å². The van der Waals surface area contributed by atoms with Gasteiger partial charge in [0.1, 0.15) is 17.7 Å². The molecule has 1 fully saturated rings. The third kappa shape index (κ3) is 4.68. The molecule has 1 aliphatic heterocycles. The summed E-state index contributed by atoms with van der Waals surface area (Å²) in [5, 5.41) is 2.79. The Balaban J connectivity index is 1.72. The zero-order valence-electron chi connectivity index (χ0n) is 17.2. The van der Waals surface area contributed by atoms with E-state index >= 15 is 0 Å². The van der Waals surface area contributed by atoms with Gasteiger partial charge in [-0.1, -0.05) is 0 Å². The van der Waals surface area contributed by atoms with E-state index in [1.807, 2.05) is 0 Å². The van der Waals surface area contributed by atoms with Crippen molar-refractivity contribution in [2.24, 2.45) is 0 Å². The number of nitrogens with zero attached hydrogens (tertiary/aromatic N) is 3. The Hall–Kier alpha value is -3.18. The molecule has 11 heteroatoms. The first kappa shape index (κ1) is 22.0. The van der Waals surface area contributed by atoms with Crippen LogP contribution in [0.25, 0.3) is 10.9 Å². The number of rotatable bonds is 6. The lowest BCUT2D eigenvalue weighted by molar-refractivity contribution is -0.120. The van der Waals surface area contributed by atoms with Gasteiger partial charge in [0.2, 0.25) is 5.91 Å². The minimum absolute atomic E-state index is 0.0469. The molecule has 3 aromatic rings. The van der Waals surface area contributed by atoms with Crippen molar-refractivity contribution in [3.8, 4) is 0 Å². The van der Waals surface area contributed by atoms with E-state index in [-0.39, 0.29) is 34.1 Å². The third-order valence-corrected chi connectivity index (χ3v) is 6.42. The molecule has 4 rings (SSSR count). The highest BCUT2D eigenvalue weighted by molar-refractivity contribution is 7.90. The monoisotopic (exact) mass is 460 g/mol. The van der Waals surface area contributed by atoms with Crippen molar-refractivity contribution in [1.29, 1.82) is 0 Å². The summed E-state index contributed by atoms with van der Waals surface area (Å²) in [6.45, 7) is 0.581. The number of aromatic nitrogens is 3. The summed E-state index contributed by atoms with van der Waals surface area (Å²) in [4.78, 5) is 34.4. The SMILES string of the molecule is CS(=O)(=O)c1ccc2c(=O)n(C(CC3CCCO3)C(=O)Nc3ccc(F)cn3)cnc2c1. The normalized spacial score (nSPS) is 17.4. The molecular weight excluding hydrogens is 439 g/mol. The van der Waals surface area contributed by atoms with Crippen molar-refractivity contribution in [3.63, 3.8) is 0 Å². The average Bonchev–Trinajstić information content (AvgIpc) is 3.27. The molecule has 2 unspecified atom stereocenters. The minimum atomic E-state index is -3.46. The van der Waals surface area contributed by atoms with Crippen LogP contribution in [0.1, 0.15) is 25.3 Å². The predicted octanol–water partition coefficient (Wildman–Crippen LogP) is 2.08. The highest BCUT2D eigenvalue weighted by atomic mass is 32.2. The van der Waals surface area contributed by atoms with Crippen LogP contribution in [0, 0.1) is 5.82 Å². The van der Waals surface area contributed by atoms with E-state index in [9.17, 15) is 22.4 Å². The van der Waals surface area contributed by atoms with Crippen LogP contribution in [0.2, 0.25) is 0 Å². The van der Waals surface area contributed by atoms with Crippen LogP contribution >= 0.6 is 0 Å². The van der Waals surface area contributed by atoms with Crippen LogP contribution in [-0.2, 0) is 19.4 Å². The van der Waals surface area contributed by atoms with E-state index in [0.717, 1.165) is 25.3 Å². The van der Waals surface area contributed by atoms with Crippen LogP contribution in [0.4, 0.5) is 10.2 Å². The van der Waals surface area contributed by atoms with Crippen LogP contribution < -0.4 is 10.9 Å². The fourth-order valence-electron chi connectivity index (χ4n) is 3.65. The summed E-state index contributed by atoms with van der Waals surface area (Å²) in [5.41, 5.74) is -0.272. The van der Waals surface area contributed by atoms with Gasteiger partial charge in [0, 0.05) is 19.3 Å². The lowest BCUT2D eigenvalue weighted by Crippen LogP contribution is -2.36. The van der Waals surface area contributed by atoms with Crippen molar-refractivity contribution in [2.75, 3.05) is 18.2 Å². The molecule has 1 amide bonds. The van der Waals surface area contributed by atoms with Crippen molar-refractivity contribution < 1.29 is 22.3 Å². The molecule has 1 aromatic carbocycles. The summed E-state index contributed by atoms with van der Waals surface area (Å²) in [7, 11) is -3.46. The summed E-state index contributed by atoms with van der Waals surface area (Å²) in [5.74, 6) is -0.911. The number of carbonyl (C=O) groups excluding carboxylic acids is 1. The van der Waals surface area contributed by atoms with Crippen molar-refractivity contribution in [1.82, 2.24) is 14.5 Å². The van der Waals surface area contributed by atoms with Gasteiger partial charge in [-0.25, -0.2) is 22.8 Å². The van der Waals surface area contributed by atoms with E-state index in [1.165, 1.54) is 41.2 Å². The number of benzene rings is 1. The second-order valence-electron chi connectivity index (χ2n) is 7.65. The number of amides is 1. The maximum Gasteiger partial charge on any atom is 0.261 e. The van der Waals surface area contributed by atoms with Gasteiger partial charge in [-0.3, -0.25) is 14.2 Å². The first-order chi connectivity index (χ1) is 15.2. The number of hydrogen-bond donors (Lipinski definition) is 1. The Morgan fingerprint density at radius 2 is 2.12 bits per heavy atom. The Labute approximate surface area is 183 Å². The van der Waals surface area contributed by atoms with Crippen LogP contribution in [0.3, 0.4) is 0 Å². The number of nitrogens with one attached hydrogen (secondary N) is 1. The molecule has 2 aromatic heterocycles. The standard InChI is InChI=1S/C21H21FN4O5S/c1-32(29,30)15-5-6-16-17(10-15)24-12-26(21(16)28)18(9-14-3-2-8-31-14)20(27)25-19-7-4-13(22)11-23-19/h4-7,10-12,14,18H,2-3,8-9H2,1H3,(H,23,25,27). The summed E-state index contributed by atoms with van der Waals surface area (Å²) in [6.07, 6.45) is 4.93. The molecule has 0 bridgehead atoms. The second kappa shape index (κ2) is 8.75. The molecule has 32 heavy (non-hydrogen) atoms. The summed E-state index contributed by atoms with van der Waals surface area (Å²) < 4.78 is 43.6. The minimum Gasteiger partial charge on any atom is -0.378 e. The number of fused-ring (bicyclic) bond motifs is 1. The molecule has 1 aliphatic rings. The van der Waals surface area contributed by atoms with E-state index < -0.39 is 33.2 Å². The Bertz CT molecular complexity index is 1320. The molecule has 9 nitrogen and oxygen atoms in total. The lowest BCUT2D eigenvalue weighted by atomic mass is 10.1. The fraction of sp³-hybridized carbons (Fsp3) is 0.333. The van der Waals surface area contributed by atoms with Gasteiger partial charge in [-0.05, 0) is 43.2 Å². The highest BCUT2D eigenvalue weighted by Gasteiger charge is 2.29. The number of anilines is 1. The molecule has 0 spiro atoms. The summed E-state index contributed by atoms with van der Waals surface area (Å²) >= 11 is 0. The zero-order chi connectivity index (χ0) is 22.9. The second-order valence-corrected chi connectivity index (χ2v) is 9.66. The van der Waals surface area contributed by atoms with Crippen molar-refractivity contribution >= 4 is 32.5 Å². The van der Waals surface area contributed by atoms with Crippen molar-refractivity contribution in [3.05, 3.63) is 59.0 Å². The average molecular weight is 460 g/mol. The largest absolute Gasteiger partial charge is 0.378 e. The Morgan fingerprint density at radius 1 is 1.31 bits per heavy atom. The van der Waals surface area contributed by atoms with E-state index in [4.69, 9.17) is 4.74 Å². The number of pyridine rings is 1.